The molecule has 23 heavy (non-hydrogen) atoms. The summed E-state index contributed by atoms with van der Waals surface area (Å²) in [4.78, 5) is 6.06. The molecule has 1 aliphatic rings. The number of hydrogen-bond donors (Lipinski definition) is 3. The van der Waals surface area contributed by atoms with Gasteiger partial charge in [-0.2, -0.15) is 8.75 Å². The van der Waals surface area contributed by atoms with Crippen molar-refractivity contribution in [1.82, 2.24) is 23.7 Å². The zero-order chi connectivity index (χ0) is 16.4. The van der Waals surface area contributed by atoms with E-state index in [1.807, 2.05) is 4.90 Å². The van der Waals surface area contributed by atoms with Gasteiger partial charge < -0.3 is 10.4 Å². The molecule has 1 aromatic heterocycles. The number of aliphatic hydroxyl groups is 1. The minimum Gasteiger partial charge on any atom is -0.392 e. The summed E-state index contributed by atoms with van der Waals surface area (Å²) in [6.45, 7) is 2.84. The van der Waals surface area contributed by atoms with Crippen LogP contribution in [-0.4, -0.2) is 59.1 Å². The zero-order valence-corrected chi connectivity index (χ0v) is 13.9. The minimum atomic E-state index is -3.80. The van der Waals surface area contributed by atoms with Crippen molar-refractivity contribution in [2.45, 2.75) is 17.9 Å². The fourth-order valence-corrected chi connectivity index (χ4v) is 3.98. The van der Waals surface area contributed by atoms with Crippen molar-refractivity contribution in [3.63, 3.8) is 0 Å². The number of hydrogen-bond acceptors (Lipinski definition) is 9. The van der Waals surface area contributed by atoms with E-state index in [9.17, 15) is 13.5 Å². The number of aliphatic hydroxyl groups excluding tert-OH is 1. The first kappa shape index (κ1) is 16.1. The zero-order valence-electron chi connectivity index (χ0n) is 12.3. The third-order valence-electron chi connectivity index (χ3n) is 3.19. The van der Waals surface area contributed by atoms with Crippen LogP contribution in [0, 0.1) is 0 Å². The molecule has 2 aromatic rings. The smallest absolute Gasteiger partial charge is 0.266 e. The van der Waals surface area contributed by atoms with Gasteiger partial charge in [0, 0.05) is 6.54 Å². The first-order valence-corrected chi connectivity index (χ1v) is 9.10. The predicted molar refractivity (Wildman–Crippen MR) is 86.4 cm³/mol. The summed E-state index contributed by atoms with van der Waals surface area (Å²) in [6, 6.07) is 4.82. The molecular weight excluding hydrogens is 340 g/mol. The number of rotatable bonds is 4. The van der Waals surface area contributed by atoms with Crippen LogP contribution in [0.5, 0.6) is 0 Å². The maximum Gasteiger partial charge on any atom is 0.266 e. The Hall–Kier alpha value is -1.82. The van der Waals surface area contributed by atoms with Gasteiger partial charge in [0.25, 0.3) is 10.0 Å². The molecule has 0 amide bonds. The molecule has 9 nitrogen and oxygen atoms in total. The summed E-state index contributed by atoms with van der Waals surface area (Å²) in [6.07, 6.45) is -0.472. The van der Waals surface area contributed by atoms with Crippen LogP contribution in [0.3, 0.4) is 0 Å². The van der Waals surface area contributed by atoms with Crippen molar-refractivity contribution in [1.29, 1.82) is 0 Å². The second-order valence-electron chi connectivity index (χ2n) is 5.18. The van der Waals surface area contributed by atoms with E-state index >= 15 is 0 Å². The molecule has 0 spiro atoms. The molecule has 0 bridgehead atoms. The highest BCUT2D eigenvalue weighted by atomic mass is 32.2. The molecule has 3 rings (SSSR count). The summed E-state index contributed by atoms with van der Waals surface area (Å²) in [7, 11) is -3.80. The van der Waals surface area contributed by atoms with Crippen LogP contribution < -0.4 is 10.0 Å². The summed E-state index contributed by atoms with van der Waals surface area (Å²) in [5.74, 6) is 0.173. The molecule has 0 saturated heterocycles. The molecular formula is C12H16N6O3S2. The highest BCUT2D eigenvalue weighted by molar-refractivity contribution is 7.90. The standard InChI is InChI=1S/C12H16N6O3S2/c1-8(19)5-18-6-13-12(14-7-18)17-23(20,21)10-4-2-3-9-11(10)16-22-15-9/h2-4,8,19H,5-7H2,1H3,(H2,13,14,17)/t8-/m1/s1. The highest BCUT2D eigenvalue weighted by Crippen LogP contribution is 2.20. The number of nitrogens with zero attached hydrogens (tertiary/aromatic N) is 4. The van der Waals surface area contributed by atoms with Gasteiger partial charge in [0.1, 0.15) is 15.9 Å². The van der Waals surface area contributed by atoms with Crippen LogP contribution in [0.1, 0.15) is 6.92 Å². The predicted octanol–water partition coefficient (Wildman–Crippen LogP) is -0.473. The summed E-state index contributed by atoms with van der Waals surface area (Å²) >= 11 is 0.967. The number of guanidine groups is 1. The van der Waals surface area contributed by atoms with Crippen molar-refractivity contribution in [3.8, 4) is 0 Å². The van der Waals surface area contributed by atoms with Crippen LogP contribution in [0.4, 0.5) is 0 Å². The van der Waals surface area contributed by atoms with Crippen LogP contribution in [0.25, 0.3) is 11.0 Å². The number of aliphatic imine (C=N–C) groups is 1. The van der Waals surface area contributed by atoms with Crippen LogP contribution in [0.15, 0.2) is 28.1 Å². The summed E-state index contributed by atoms with van der Waals surface area (Å²) in [5, 5.41) is 12.2. The van der Waals surface area contributed by atoms with E-state index in [1.54, 1.807) is 19.1 Å². The Morgan fingerprint density at radius 3 is 3.00 bits per heavy atom. The van der Waals surface area contributed by atoms with Gasteiger partial charge in [-0.25, -0.2) is 18.1 Å². The van der Waals surface area contributed by atoms with E-state index in [-0.39, 0.29) is 10.9 Å². The molecule has 0 unspecified atom stereocenters. The lowest BCUT2D eigenvalue weighted by molar-refractivity contribution is 0.123. The average Bonchev–Trinajstić information content (AvgIpc) is 2.96. The molecule has 1 aliphatic heterocycles. The van der Waals surface area contributed by atoms with E-state index in [4.69, 9.17) is 0 Å². The van der Waals surface area contributed by atoms with E-state index in [0.717, 1.165) is 11.7 Å². The molecule has 0 aliphatic carbocycles. The largest absolute Gasteiger partial charge is 0.392 e. The lowest BCUT2D eigenvalue weighted by Crippen LogP contribution is -2.51. The molecule has 2 heterocycles. The number of fused-ring (bicyclic) bond motifs is 1. The third kappa shape index (κ3) is 3.58. The van der Waals surface area contributed by atoms with Gasteiger partial charge in [-0.1, -0.05) is 6.07 Å². The maximum atomic E-state index is 12.5. The van der Waals surface area contributed by atoms with Crippen molar-refractivity contribution in [2.24, 2.45) is 4.99 Å². The van der Waals surface area contributed by atoms with E-state index in [2.05, 4.69) is 23.8 Å². The van der Waals surface area contributed by atoms with Gasteiger partial charge in [-0.15, -0.1) is 0 Å². The number of β-amino-alcohol motifs (C(OH)–C–C–N with tert-alkyl or cyclic N) is 1. The lowest BCUT2D eigenvalue weighted by Gasteiger charge is -2.27. The Morgan fingerprint density at radius 2 is 2.30 bits per heavy atom. The Bertz CT molecular complexity index is 832. The van der Waals surface area contributed by atoms with Crippen molar-refractivity contribution < 1.29 is 13.5 Å². The Labute approximate surface area is 137 Å². The number of sulfonamides is 1. The van der Waals surface area contributed by atoms with Crippen LogP contribution in [-0.2, 0) is 10.0 Å². The normalized spacial score (nSPS) is 17.6. The van der Waals surface area contributed by atoms with Crippen molar-refractivity contribution >= 4 is 38.7 Å². The maximum absolute atomic E-state index is 12.5. The lowest BCUT2D eigenvalue weighted by atomic mass is 10.3. The SMILES string of the molecule is C[C@@H](O)CN1CN=C(NS(=O)(=O)c2cccc3nsnc23)NC1. The van der Waals surface area contributed by atoms with Gasteiger partial charge in [-0.3, -0.25) is 4.90 Å². The van der Waals surface area contributed by atoms with E-state index in [0.29, 0.717) is 30.9 Å². The first-order chi connectivity index (χ1) is 11.0. The molecule has 0 saturated carbocycles. The van der Waals surface area contributed by atoms with Gasteiger partial charge in [0.2, 0.25) is 5.96 Å². The fourth-order valence-electron chi connectivity index (χ4n) is 2.21. The molecule has 1 aromatic carbocycles. The number of benzene rings is 1. The molecule has 0 radical (unpaired) electrons. The first-order valence-electron chi connectivity index (χ1n) is 6.88. The molecule has 3 N–H and O–H groups in total. The summed E-state index contributed by atoms with van der Waals surface area (Å²) in [5.41, 5.74) is 0.886. The fraction of sp³-hybridized carbons (Fsp3) is 0.417. The topological polar surface area (TPSA) is 120 Å². The Balaban J connectivity index is 1.77. The third-order valence-corrected chi connectivity index (χ3v) is 5.10. The van der Waals surface area contributed by atoms with E-state index < -0.39 is 16.1 Å². The second-order valence-corrected chi connectivity index (χ2v) is 7.36. The number of aromatic nitrogens is 2. The van der Waals surface area contributed by atoms with Gasteiger partial charge in [0.05, 0.1) is 31.2 Å². The Morgan fingerprint density at radius 1 is 1.48 bits per heavy atom. The molecule has 11 heteroatoms. The molecule has 1 atom stereocenters. The molecule has 0 fully saturated rings. The quantitative estimate of drug-likeness (QED) is 0.677. The monoisotopic (exact) mass is 356 g/mol. The van der Waals surface area contributed by atoms with Crippen molar-refractivity contribution in [3.05, 3.63) is 18.2 Å². The van der Waals surface area contributed by atoms with E-state index in [1.165, 1.54) is 6.07 Å². The minimum absolute atomic E-state index is 0.0691. The van der Waals surface area contributed by atoms with Gasteiger partial charge in [0.15, 0.2) is 0 Å². The van der Waals surface area contributed by atoms with Crippen molar-refractivity contribution in [2.75, 3.05) is 19.9 Å². The average molecular weight is 356 g/mol. The van der Waals surface area contributed by atoms with Crippen LogP contribution in [0.2, 0.25) is 0 Å². The van der Waals surface area contributed by atoms with Crippen LogP contribution >= 0.6 is 11.7 Å². The van der Waals surface area contributed by atoms with Gasteiger partial charge >= 0.3 is 0 Å². The second kappa shape index (κ2) is 6.35. The summed E-state index contributed by atoms with van der Waals surface area (Å²) < 4.78 is 35.5. The number of nitrogens with one attached hydrogen (secondary N) is 2. The molecule has 124 valence electrons. The highest BCUT2D eigenvalue weighted by Gasteiger charge is 2.23. The van der Waals surface area contributed by atoms with Gasteiger partial charge in [-0.05, 0) is 19.1 Å². The Kier molecular flexibility index (Phi) is 4.43.